The number of esters is 1. The Morgan fingerprint density at radius 2 is 2.29 bits per heavy atom. The Morgan fingerprint density at radius 1 is 1.64 bits per heavy atom. The lowest BCUT2D eigenvalue weighted by atomic mass is 10.2. The monoisotopic (exact) mass is 274 g/mol. The molecule has 1 rings (SSSR count). The van der Waals surface area contributed by atoms with Gasteiger partial charge in [0.25, 0.3) is 0 Å². The number of carbonyl (C=O) groups excluding carboxylic acids is 1. The van der Waals surface area contributed by atoms with Gasteiger partial charge in [0.2, 0.25) is 0 Å². The lowest BCUT2D eigenvalue weighted by molar-refractivity contribution is -0.139. The van der Waals surface area contributed by atoms with Crippen molar-refractivity contribution in [3.8, 4) is 0 Å². The molecule has 0 unspecified atom stereocenters. The van der Waals surface area contributed by atoms with Gasteiger partial charge >= 0.3 is 5.97 Å². The number of rotatable bonds is 2. The van der Waals surface area contributed by atoms with Gasteiger partial charge in [0, 0.05) is 10.5 Å². The third kappa shape index (κ3) is 3.44. The van der Waals surface area contributed by atoms with Gasteiger partial charge in [-0.15, -0.1) is 5.73 Å². The Morgan fingerprint density at radius 3 is 2.71 bits per heavy atom. The van der Waals surface area contributed by atoms with Gasteiger partial charge in [-0.05, 0) is 12.5 Å². The summed E-state index contributed by atoms with van der Waals surface area (Å²) in [6.07, 6.45) is 3.12. The Labute approximate surface area is 94.2 Å². The van der Waals surface area contributed by atoms with E-state index in [4.69, 9.17) is 4.74 Å². The Kier molecular flexibility index (Phi) is 3.76. The molecule has 0 aliphatic carbocycles. The molecule has 4 heteroatoms. The summed E-state index contributed by atoms with van der Waals surface area (Å²) in [6.45, 7) is 6.70. The maximum atomic E-state index is 10.8. The smallest absolute Gasteiger partial charge is 0.306 e. The van der Waals surface area contributed by atoms with Crippen LogP contribution in [-0.2, 0) is 9.53 Å². The normalized spacial score (nSPS) is 21.4. The van der Waals surface area contributed by atoms with Crippen molar-refractivity contribution in [3.63, 3.8) is 0 Å². The van der Waals surface area contributed by atoms with E-state index in [1.54, 1.807) is 0 Å². The Balaban J connectivity index is 2.67. The van der Waals surface area contributed by atoms with Crippen molar-refractivity contribution in [3.05, 3.63) is 15.9 Å². The first-order valence-corrected chi connectivity index (χ1v) is 9.01. The fourth-order valence-corrected chi connectivity index (χ4v) is 1.70. The van der Waals surface area contributed by atoms with Crippen molar-refractivity contribution in [2.24, 2.45) is 0 Å². The molecule has 1 heterocycles. The van der Waals surface area contributed by atoms with Crippen molar-refractivity contribution in [1.82, 2.24) is 0 Å². The quantitative estimate of drug-likeness (QED) is 0.440. The summed E-state index contributed by atoms with van der Waals surface area (Å²) in [7, 11) is -1.30. The van der Waals surface area contributed by atoms with E-state index in [1.807, 2.05) is 6.08 Å². The van der Waals surface area contributed by atoms with Crippen LogP contribution in [0.5, 0.6) is 0 Å². The molecular weight excluding hydrogens is 260 g/mol. The van der Waals surface area contributed by atoms with Crippen LogP contribution in [0.25, 0.3) is 0 Å². The second-order valence-electron chi connectivity index (χ2n) is 4.44. The van der Waals surface area contributed by atoms with E-state index in [-0.39, 0.29) is 12.1 Å². The highest BCUT2D eigenvalue weighted by Crippen LogP contribution is 2.20. The highest BCUT2D eigenvalue weighted by atomic mass is 79.9. The number of halogens is 1. The van der Waals surface area contributed by atoms with E-state index >= 15 is 0 Å². The third-order valence-corrected chi connectivity index (χ3v) is 7.23. The number of carbonyl (C=O) groups is 1. The molecule has 1 aliphatic rings. The van der Waals surface area contributed by atoms with E-state index < -0.39 is 8.07 Å². The average molecular weight is 275 g/mol. The van der Waals surface area contributed by atoms with E-state index in [0.29, 0.717) is 6.42 Å². The summed E-state index contributed by atoms with van der Waals surface area (Å²) in [5.74, 6) is -0.0998. The van der Waals surface area contributed by atoms with Crippen molar-refractivity contribution < 1.29 is 9.53 Å². The molecule has 0 saturated carbocycles. The molecule has 1 aliphatic heterocycles. The molecule has 2 nitrogen and oxygen atoms in total. The lowest BCUT2D eigenvalue weighted by Gasteiger charge is -2.12. The van der Waals surface area contributed by atoms with Crippen molar-refractivity contribution in [2.75, 3.05) is 0 Å². The number of ether oxygens (including phenoxy) is 1. The molecular formula is C10H15BrO2Si. The fourth-order valence-electron chi connectivity index (χ4n) is 1.05. The van der Waals surface area contributed by atoms with Crippen LogP contribution in [0.3, 0.4) is 0 Å². The van der Waals surface area contributed by atoms with Crippen molar-refractivity contribution in [1.29, 1.82) is 0 Å². The van der Waals surface area contributed by atoms with Gasteiger partial charge in [-0.25, -0.2) is 0 Å². The van der Waals surface area contributed by atoms with Crippen LogP contribution < -0.4 is 0 Å². The van der Waals surface area contributed by atoms with Crippen LogP contribution in [0.15, 0.2) is 15.9 Å². The molecule has 1 atom stereocenters. The molecule has 0 N–H and O–H groups in total. The van der Waals surface area contributed by atoms with Crippen LogP contribution in [0.1, 0.15) is 12.8 Å². The molecule has 0 aromatic rings. The zero-order chi connectivity index (χ0) is 10.8. The summed E-state index contributed by atoms with van der Waals surface area (Å²) >= 11 is 3.52. The molecule has 0 bridgehead atoms. The fraction of sp³-hybridized carbons (Fsp3) is 0.600. The van der Waals surface area contributed by atoms with E-state index in [0.717, 1.165) is 10.5 Å². The summed E-state index contributed by atoms with van der Waals surface area (Å²) in [6, 6.07) is 0. The molecule has 0 radical (unpaired) electrons. The zero-order valence-electron chi connectivity index (χ0n) is 8.76. The van der Waals surface area contributed by atoms with Gasteiger partial charge in [0.15, 0.2) is 0 Å². The van der Waals surface area contributed by atoms with Gasteiger partial charge in [0.1, 0.15) is 6.10 Å². The topological polar surface area (TPSA) is 26.3 Å². The maximum Gasteiger partial charge on any atom is 0.306 e. The van der Waals surface area contributed by atoms with Gasteiger partial charge in [-0.2, -0.15) is 0 Å². The molecule has 78 valence electrons. The minimum atomic E-state index is -1.30. The zero-order valence-corrected chi connectivity index (χ0v) is 11.3. The molecule has 1 saturated heterocycles. The molecule has 1 fully saturated rings. The second kappa shape index (κ2) is 4.47. The van der Waals surface area contributed by atoms with Crippen LogP contribution in [0, 0.1) is 0 Å². The lowest BCUT2D eigenvalue weighted by Crippen LogP contribution is -2.19. The highest BCUT2D eigenvalue weighted by Gasteiger charge is 2.21. The van der Waals surface area contributed by atoms with E-state index in [9.17, 15) is 4.79 Å². The predicted octanol–water partition coefficient (Wildman–Crippen LogP) is 3.00. The number of cyclic esters (lactones) is 1. The maximum absolute atomic E-state index is 10.8. The Bertz CT molecular complexity index is 298. The largest absolute Gasteiger partial charge is 0.457 e. The van der Waals surface area contributed by atoms with Crippen LogP contribution in [0.2, 0.25) is 19.6 Å². The minimum absolute atomic E-state index is 0.0635. The van der Waals surface area contributed by atoms with Gasteiger partial charge in [-0.3, -0.25) is 4.79 Å². The van der Waals surface area contributed by atoms with E-state index in [1.165, 1.54) is 0 Å². The first-order chi connectivity index (χ1) is 6.39. The van der Waals surface area contributed by atoms with Gasteiger partial charge in [0.05, 0.1) is 8.07 Å². The summed E-state index contributed by atoms with van der Waals surface area (Å²) in [4.78, 5) is 10.8. The predicted molar refractivity (Wildman–Crippen MR) is 63.0 cm³/mol. The number of hydrogen-bond acceptors (Lipinski definition) is 2. The first-order valence-electron chi connectivity index (χ1n) is 4.72. The molecule has 0 aromatic heterocycles. The minimum Gasteiger partial charge on any atom is -0.457 e. The molecule has 0 spiro atoms. The first kappa shape index (κ1) is 11.8. The van der Waals surface area contributed by atoms with Crippen LogP contribution in [-0.4, -0.2) is 20.1 Å². The molecule has 14 heavy (non-hydrogen) atoms. The standard InChI is InChI=1S/C10H15BrO2Si/c1-14(2,3)9(11)6-4-8-5-7-10(12)13-8/h4,8H,5,7H2,1-3H3/t6?,8-/m1/s1. The average Bonchev–Trinajstić information content (AvgIpc) is 2.45. The van der Waals surface area contributed by atoms with Gasteiger partial charge < -0.3 is 4.74 Å². The molecule has 0 aromatic carbocycles. The van der Waals surface area contributed by atoms with Crippen molar-refractivity contribution >= 4 is 30.0 Å². The summed E-state index contributed by atoms with van der Waals surface area (Å²) in [5.41, 5.74) is 3.18. The van der Waals surface area contributed by atoms with E-state index in [2.05, 4.69) is 41.3 Å². The summed E-state index contributed by atoms with van der Waals surface area (Å²) in [5, 5.41) is 0. The summed E-state index contributed by atoms with van der Waals surface area (Å²) < 4.78 is 6.18. The second-order valence-corrected chi connectivity index (χ2v) is 11.0. The van der Waals surface area contributed by atoms with Crippen LogP contribution in [0.4, 0.5) is 0 Å². The highest BCUT2D eigenvalue weighted by molar-refractivity contribution is 9.12. The SMILES string of the molecule is C[Si](C)(C)C(Br)=C=C[C@@H]1CCC(=O)O1. The van der Waals surface area contributed by atoms with Gasteiger partial charge in [-0.1, -0.05) is 35.6 Å². The van der Waals surface area contributed by atoms with Crippen molar-refractivity contribution in [2.45, 2.75) is 38.6 Å². The third-order valence-electron chi connectivity index (χ3n) is 1.97. The van der Waals surface area contributed by atoms with Crippen LogP contribution >= 0.6 is 15.9 Å². The number of hydrogen-bond donors (Lipinski definition) is 0. The molecule has 0 amide bonds. The Hall–Kier alpha value is -0.313.